The van der Waals surface area contributed by atoms with Gasteiger partial charge in [-0.25, -0.2) is 4.39 Å². The summed E-state index contributed by atoms with van der Waals surface area (Å²) in [5.74, 6) is -1.03. The molecule has 1 amide bonds. The van der Waals surface area contributed by atoms with Gasteiger partial charge in [-0.3, -0.25) is 9.59 Å². The Bertz CT molecular complexity index is 571. The highest BCUT2D eigenvalue weighted by atomic mass is 35.5. The van der Waals surface area contributed by atoms with Crippen LogP contribution in [0.15, 0.2) is 24.3 Å². The summed E-state index contributed by atoms with van der Waals surface area (Å²) >= 11 is 0. The summed E-state index contributed by atoms with van der Waals surface area (Å²) in [5.41, 5.74) is 0.703. The number of unbranched alkanes of at least 4 members (excludes halogenated alkanes) is 1. The number of aliphatic carboxylic acids is 1. The molecule has 0 spiro atoms. The Kier molecular flexibility index (Phi) is 9.45. The summed E-state index contributed by atoms with van der Waals surface area (Å²) in [7, 11) is 0. The summed E-state index contributed by atoms with van der Waals surface area (Å²) in [6.45, 7) is 4.00. The molecule has 7 heteroatoms. The van der Waals surface area contributed by atoms with E-state index in [0.717, 1.165) is 39.0 Å². The van der Waals surface area contributed by atoms with Crippen LogP contribution >= 0.6 is 12.4 Å². The number of benzene rings is 1. The van der Waals surface area contributed by atoms with E-state index in [2.05, 4.69) is 4.90 Å². The first kappa shape index (κ1) is 21.4. The van der Waals surface area contributed by atoms with Gasteiger partial charge in [0.25, 0.3) is 0 Å². The van der Waals surface area contributed by atoms with Crippen LogP contribution in [0.25, 0.3) is 0 Å². The van der Waals surface area contributed by atoms with Gasteiger partial charge in [-0.15, -0.1) is 12.4 Å². The Labute approximate surface area is 154 Å². The van der Waals surface area contributed by atoms with E-state index in [1.807, 2.05) is 4.90 Å². The zero-order valence-electron chi connectivity index (χ0n) is 14.3. The maximum absolute atomic E-state index is 13.2. The first-order valence-corrected chi connectivity index (χ1v) is 8.51. The molecule has 5 nitrogen and oxygen atoms in total. The van der Waals surface area contributed by atoms with Crippen molar-refractivity contribution in [3.63, 3.8) is 0 Å². The second-order valence-corrected chi connectivity index (χ2v) is 6.23. The van der Waals surface area contributed by atoms with Gasteiger partial charge in [-0.05, 0) is 50.0 Å². The lowest BCUT2D eigenvalue weighted by molar-refractivity contribution is -0.137. The maximum atomic E-state index is 13.2. The monoisotopic (exact) mass is 372 g/mol. The number of amides is 1. The standard InChI is InChI=1S/C18H25FN2O3.ClH/c19-16-6-3-5-15(13-16)14-17(22)21-10-4-9-20(11-12-21)8-2-1-7-18(23)24;/h3,5-6,13H,1-2,4,7-12,14H2,(H,23,24);1H. The average molecular weight is 373 g/mol. The fourth-order valence-corrected chi connectivity index (χ4v) is 2.99. The Morgan fingerprint density at radius 3 is 2.64 bits per heavy atom. The Morgan fingerprint density at radius 1 is 1.12 bits per heavy atom. The van der Waals surface area contributed by atoms with Crippen LogP contribution in [0, 0.1) is 5.82 Å². The van der Waals surface area contributed by atoms with E-state index in [9.17, 15) is 14.0 Å². The quantitative estimate of drug-likeness (QED) is 0.747. The summed E-state index contributed by atoms with van der Waals surface area (Å²) in [5, 5.41) is 8.65. The van der Waals surface area contributed by atoms with Gasteiger partial charge in [0.2, 0.25) is 5.91 Å². The molecule has 0 bridgehead atoms. The van der Waals surface area contributed by atoms with Crippen molar-refractivity contribution in [3.05, 3.63) is 35.6 Å². The highest BCUT2D eigenvalue weighted by Crippen LogP contribution is 2.10. The number of halogens is 2. The van der Waals surface area contributed by atoms with Gasteiger partial charge < -0.3 is 14.9 Å². The third kappa shape index (κ3) is 7.84. The fourth-order valence-electron chi connectivity index (χ4n) is 2.99. The molecule has 0 aliphatic carbocycles. The van der Waals surface area contributed by atoms with Gasteiger partial charge >= 0.3 is 5.97 Å². The Balaban J connectivity index is 0.00000312. The van der Waals surface area contributed by atoms with Gasteiger partial charge in [-0.1, -0.05) is 12.1 Å². The molecule has 1 aliphatic heterocycles. The average Bonchev–Trinajstić information content (AvgIpc) is 2.77. The molecule has 25 heavy (non-hydrogen) atoms. The van der Waals surface area contributed by atoms with Gasteiger partial charge in [-0.2, -0.15) is 0 Å². The lowest BCUT2D eigenvalue weighted by atomic mass is 10.1. The van der Waals surface area contributed by atoms with Crippen LogP contribution in [0.3, 0.4) is 0 Å². The van der Waals surface area contributed by atoms with E-state index in [-0.39, 0.29) is 37.0 Å². The smallest absolute Gasteiger partial charge is 0.303 e. The summed E-state index contributed by atoms with van der Waals surface area (Å²) in [6, 6.07) is 6.18. The number of carboxylic acids is 1. The molecule has 0 saturated carbocycles. The van der Waals surface area contributed by atoms with Crippen LogP contribution in [-0.4, -0.2) is 59.5 Å². The SMILES string of the molecule is Cl.O=C(O)CCCCN1CCCN(C(=O)Cc2cccc(F)c2)CC1. The lowest BCUT2D eigenvalue weighted by Gasteiger charge is -2.22. The van der Waals surface area contributed by atoms with Crippen molar-refractivity contribution >= 4 is 24.3 Å². The van der Waals surface area contributed by atoms with Crippen LogP contribution < -0.4 is 0 Å². The first-order chi connectivity index (χ1) is 11.5. The normalized spacial score (nSPS) is 15.3. The van der Waals surface area contributed by atoms with Crippen molar-refractivity contribution in [2.75, 3.05) is 32.7 Å². The van der Waals surface area contributed by atoms with E-state index >= 15 is 0 Å². The minimum atomic E-state index is -0.750. The van der Waals surface area contributed by atoms with E-state index in [1.54, 1.807) is 12.1 Å². The van der Waals surface area contributed by atoms with Crippen molar-refractivity contribution < 1.29 is 19.1 Å². The Hall–Kier alpha value is -1.66. The molecule has 1 fully saturated rings. The van der Waals surface area contributed by atoms with Crippen molar-refractivity contribution in [2.24, 2.45) is 0 Å². The van der Waals surface area contributed by atoms with E-state index < -0.39 is 5.97 Å². The molecule has 1 N–H and O–H groups in total. The molecular weight excluding hydrogens is 347 g/mol. The summed E-state index contributed by atoms with van der Waals surface area (Å²) in [6.07, 6.45) is 2.91. The molecule has 0 atom stereocenters. The lowest BCUT2D eigenvalue weighted by Crippen LogP contribution is -2.36. The number of hydrogen-bond acceptors (Lipinski definition) is 3. The number of carboxylic acid groups (broad SMARTS) is 1. The summed E-state index contributed by atoms with van der Waals surface area (Å²) < 4.78 is 13.2. The number of rotatable bonds is 7. The predicted octanol–water partition coefficient (Wildman–Crippen LogP) is 2.58. The van der Waals surface area contributed by atoms with E-state index in [1.165, 1.54) is 12.1 Å². The van der Waals surface area contributed by atoms with Gasteiger partial charge in [0.15, 0.2) is 0 Å². The summed E-state index contributed by atoms with van der Waals surface area (Å²) in [4.78, 5) is 27.0. The fraction of sp³-hybridized carbons (Fsp3) is 0.556. The highest BCUT2D eigenvalue weighted by Gasteiger charge is 2.19. The molecule has 0 radical (unpaired) electrons. The van der Waals surface area contributed by atoms with Gasteiger partial charge in [0, 0.05) is 26.1 Å². The third-order valence-electron chi connectivity index (χ3n) is 4.30. The Morgan fingerprint density at radius 2 is 1.92 bits per heavy atom. The molecule has 1 aromatic rings. The van der Waals surface area contributed by atoms with Crippen molar-refractivity contribution in [3.8, 4) is 0 Å². The first-order valence-electron chi connectivity index (χ1n) is 8.51. The molecular formula is C18H26ClFN2O3. The van der Waals surface area contributed by atoms with E-state index in [4.69, 9.17) is 5.11 Å². The van der Waals surface area contributed by atoms with Crippen molar-refractivity contribution in [2.45, 2.75) is 32.1 Å². The van der Waals surface area contributed by atoms with Crippen LogP contribution in [-0.2, 0) is 16.0 Å². The van der Waals surface area contributed by atoms with Crippen molar-refractivity contribution in [1.82, 2.24) is 9.80 Å². The maximum Gasteiger partial charge on any atom is 0.303 e. The molecule has 1 aromatic carbocycles. The van der Waals surface area contributed by atoms with Gasteiger partial charge in [0.05, 0.1) is 6.42 Å². The molecule has 0 aromatic heterocycles. The molecule has 1 saturated heterocycles. The second kappa shape index (κ2) is 11.1. The minimum Gasteiger partial charge on any atom is -0.481 e. The second-order valence-electron chi connectivity index (χ2n) is 6.23. The topological polar surface area (TPSA) is 60.9 Å². The van der Waals surface area contributed by atoms with Crippen LogP contribution in [0.2, 0.25) is 0 Å². The zero-order chi connectivity index (χ0) is 17.4. The molecule has 140 valence electrons. The minimum absolute atomic E-state index is 0. The molecule has 2 rings (SSSR count). The number of hydrogen-bond donors (Lipinski definition) is 1. The predicted molar refractivity (Wildman–Crippen MR) is 96.5 cm³/mol. The number of carbonyl (C=O) groups excluding carboxylic acids is 1. The van der Waals surface area contributed by atoms with Crippen LogP contribution in [0.1, 0.15) is 31.2 Å². The zero-order valence-corrected chi connectivity index (χ0v) is 15.1. The van der Waals surface area contributed by atoms with Crippen LogP contribution in [0.5, 0.6) is 0 Å². The molecule has 1 heterocycles. The molecule has 0 unspecified atom stereocenters. The largest absolute Gasteiger partial charge is 0.481 e. The third-order valence-corrected chi connectivity index (χ3v) is 4.30. The van der Waals surface area contributed by atoms with E-state index in [0.29, 0.717) is 18.5 Å². The highest BCUT2D eigenvalue weighted by molar-refractivity contribution is 5.85. The van der Waals surface area contributed by atoms with Crippen molar-refractivity contribution in [1.29, 1.82) is 0 Å². The molecule has 1 aliphatic rings. The number of carbonyl (C=O) groups is 2. The van der Waals surface area contributed by atoms with Crippen LogP contribution in [0.4, 0.5) is 4.39 Å². The van der Waals surface area contributed by atoms with Gasteiger partial charge in [0.1, 0.15) is 5.82 Å². The number of nitrogens with zero attached hydrogens (tertiary/aromatic N) is 2.